The summed E-state index contributed by atoms with van der Waals surface area (Å²) >= 11 is 5.68. The molecular weight excluding hydrogens is 250 g/mol. The van der Waals surface area contributed by atoms with Crippen molar-refractivity contribution < 1.29 is 9.15 Å². The standard InChI is InChI=1S/C14H16ClNO2/c1-9(2)11-6-10(4-5-12(11)17-3)13-8-16-14(7-15)18-13/h4-6,8-9H,7H2,1-3H3. The molecule has 18 heavy (non-hydrogen) atoms. The van der Waals surface area contributed by atoms with Crippen LogP contribution in [0.15, 0.2) is 28.8 Å². The summed E-state index contributed by atoms with van der Waals surface area (Å²) in [6.45, 7) is 4.26. The minimum atomic E-state index is 0.285. The van der Waals surface area contributed by atoms with Crippen LogP contribution in [0.2, 0.25) is 0 Å². The van der Waals surface area contributed by atoms with Crippen LogP contribution < -0.4 is 4.74 Å². The Morgan fingerprint density at radius 2 is 2.17 bits per heavy atom. The number of rotatable bonds is 4. The van der Waals surface area contributed by atoms with Crippen LogP contribution in [-0.2, 0) is 5.88 Å². The molecule has 0 aliphatic carbocycles. The first-order chi connectivity index (χ1) is 8.65. The second-order valence-electron chi connectivity index (χ2n) is 4.36. The number of aromatic nitrogens is 1. The van der Waals surface area contributed by atoms with E-state index in [9.17, 15) is 0 Å². The lowest BCUT2D eigenvalue weighted by atomic mass is 9.99. The number of oxazole rings is 1. The van der Waals surface area contributed by atoms with Crippen molar-refractivity contribution in [1.29, 1.82) is 0 Å². The first kappa shape index (κ1) is 13.0. The van der Waals surface area contributed by atoms with Crippen molar-refractivity contribution in [2.75, 3.05) is 7.11 Å². The van der Waals surface area contributed by atoms with Crippen molar-refractivity contribution in [2.24, 2.45) is 0 Å². The first-order valence-corrected chi connectivity index (χ1v) is 6.38. The molecule has 0 aliphatic rings. The molecule has 0 saturated heterocycles. The quantitative estimate of drug-likeness (QED) is 0.777. The second kappa shape index (κ2) is 5.44. The second-order valence-corrected chi connectivity index (χ2v) is 4.63. The van der Waals surface area contributed by atoms with Crippen LogP contribution in [0.25, 0.3) is 11.3 Å². The molecule has 4 heteroatoms. The van der Waals surface area contributed by atoms with Gasteiger partial charge in [0.2, 0.25) is 5.89 Å². The maximum atomic E-state index is 5.68. The van der Waals surface area contributed by atoms with E-state index in [1.807, 2.05) is 12.1 Å². The largest absolute Gasteiger partial charge is 0.496 e. The number of methoxy groups -OCH3 is 1. The third kappa shape index (κ3) is 2.51. The lowest BCUT2D eigenvalue weighted by molar-refractivity contribution is 0.407. The number of alkyl halides is 1. The van der Waals surface area contributed by atoms with E-state index in [1.165, 1.54) is 0 Å². The predicted molar refractivity (Wildman–Crippen MR) is 72.1 cm³/mol. The fourth-order valence-corrected chi connectivity index (χ4v) is 1.97. The molecule has 1 aromatic carbocycles. The van der Waals surface area contributed by atoms with Crippen molar-refractivity contribution >= 4 is 11.6 Å². The van der Waals surface area contributed by atoms with Crippen LogP contribution in [0.5, 0.6) is 5.75 Å². The smallest absolute Gasteiger partial charge is 0.209 e. The molecule has 1 heterocycles. The number of ether oxygens (including phenoxy) is 1. The predicted octanol–water partition coefficient (Wildman–Crippen LogP) is 4.21. The number of hydrogen-bond donors (Lipinski definition) is 0. The third-order valence-corrected chi connectivity index (χ3v) is 3.03. The van der Waals surface area contributed by atoms with Gasteiger partial charge in [0, 0.05) is 5.56 Å². The van der Waals surface area contributed by atoms with E-state index in [0.717, 1.165) is 22.6 Å². The van der Waals surface area contributed by atoms with Crippen molar-refractivity contribution in [3.63, 3.8) is 0 Å². The SMILES string of the molecule is COc1ccc(-c2cnc(CCl)o2)cc1C(C)C. The molecule has 96 valence electrons. The summed E-state index contributed by atoms with van der Waals surface area (Å²) in [4.78, 5) is 4.10. The van der Waals surface area contributed by atoms with Crippen molar-refractivity contribution in [3.05, 3.63) is 35.9 Å². The topological polar surface area (TPSA) is 35.3 Å². The van der Waals surface area contributed by atoms with Crippen LogP contribution in [0, 0.1) is 0 Å². The van der Waals surface area contributed by atoms with Gasteiger partial charge in [-0.1, -0.05) is 13.8 Å². The summed E-state index contributed by atoms with van der Waals surface area (Å²) < 4.78 is 10.9. The van der Waals surface area contributed by atoms with Gasteiger partial charge in [-0.15, -0.1) is 11.6 Å². The molecular formula is C14H16ClNO2. The van der Waals surface area contributed by atoms with Gasteiger partial charge in [0.25, 0.3) is 0 Å². The number of hydrogen-bond acceptors (Lipinski definition) is 3. The summed E-state index contributed by atoms with van der Waals surface area (Å²) in [6, 6.07) is 5.98. The van der Waals surface area contributed by atoms with Gasteiger partial charge < -0.3 is 9.15 Å². The van der Waals surface area contributed by atoms with Crippen LogP contribution >= 0.6 is 11.6 Å². The third-order valence-electron chi connectivity index (χ3n) is 2.80. The minimum Gasteiger partial charge on any atom is -0.496 e. The van der Waals surface area contributed by atoms with E-state index in [2.05, 4.69) is 24.9 Å². The maximum absolute atomic E-state index is 5.68. The van der Waals surface area contributed by atoms with Crippen LogP contribution in [0.4, 0.5) is 0 Å². The van der Waals surface area contributed by atoms with Crippen LogP contribution in [0.3, 0.4) is 0 Å². The highest BCUT2D eigenvalue weighted by Crippen LogP contribution is 2.31. The molecule has 1 aromatic heterocycles. The molecule has 0 radical (unpaired) electrons. The Hall–Kier alpha value is -1.48. The molecule has 3 nitrogen and oxygen atoms in total. The van der Waals surface area contributed by atoms with E-state index < -0.39 is 0 Å². The summed E-state index contributed by atoms with van der Waals surface area (Å²) in [7, 11) is 1.68. The van der Waals surface area contributed by atoms with Gasteiger partial charge in [0.15, 0.2) is 5.76 Å². The monoisotopic (exact) mass is 265 g/mol. The van der Waals surface area contributed by atoms with E-state index >= 15 is 0 Å². The van der Waals surface area contributed by atoms with Gasteiger partial charge in [-0.3, -0.25) is 0 Å². The van der Waals surface area contributed by atoms with E-state index in [4.69, 9.17) is 20.8 Å². The number of benzene rings is 1. The molecule has 2 aromatic rings. The van der Waals surface area contributed by atoms with Crippen molar-refractivity contribution in [1.82, 2.24) is 4.98 Å². The van der Waals surface area contributed by atoms with Crippen molar-refractivity contribution in [3.8, 4) is 17.1 Å². The fraction of sp³-hybridized carbons (Fsp3) is 0.357. The lowest BCUT2D eigenvalue weighted by Crippen LogP contribution is -1.94. The van der Waals surface area contributed by atoms with Gasteiger partial charge in [-0.2, -0.15) is 0 Å². The normalized spacial score (nSPS) is 10.9. The number of halogens is 1. The Kier molecular flexibility index (Phi) is 3.92. The number of nitrogens with zero attached hydrogens (tertiary/aromatic N) is 1. The van der Waals surface area contributed by atoms with Crippen LogP contribution in [0.1, 0.15) is 31.2 Å². The molecule has 2 rings (SSSR count). The van der Waals surface area contributed by atoms with Gasteiger partial charge in [0.05, 0.1) is 19.2 Å². The van der Waals surface area contributed by atoms with E-state index in [-0.39, 0.29) is 5.88 Å². The first-order valence-electron chi connectivity index (χ1n) is 5.84. The molecule has 0 fully saturated rings. The molecule has 0 saturated carbocycles. The van der Waals surface area contributed by atoms with Gasteiger partial charge in [-0.05, 0) is 29.7 Å². The zero-order valence-electron chi connectivity index (χ0n) is 10.7. The Balaban J connectivity index is 2.42. The summed E-state index contributed by atoms with van der Waals surface area (Å²) in [6.07, 6.45) is 1.70. The van der Waals surface area contributed by atoms with Gasteiger partial charge in [0.1, 0.15) is 5.75 Å². The molecule has 0 N–H and O–H groups in total. The summed E-state index contributed by atoms with van der Waals surface area (Å²) in [5.74, 6) is 2.83. The lowest BCUT2D eigenvalue weighted by Gasteiger charge is -2.12. The van der Waals surface area contributed by atoms with Gasteiger partial charge in [-0.25, -0.2) is 4.98 Å². The molecule has 0 amide bonds. The van der Waals surface area contributed by atoms with E-state index in [1.54, 1.807) is 13.3 Å². The molecule has 0 unspecified atom stereocenters. The Morgan fingerprint density at radius 1 is 1.39 bits per heavy atom. The Bertz CT molecular complexity index is 534. The molecule has 0 bridgehead atoms. The Morgan fingerprint density at radius 3 is 2.72 bits per heavy atom. The molecule has 0 aliphatic heterocycles. The summed E-state index contributed by atoms with van der Waals surface area (Å²) in [5, 5.41) is 0. The fourth-order valence-electron chi connectivity index (χ4n) is 1.84. The van der Waals surface area contributed by atoms with Crippen LogP contribution in [-0.4, -0.2) is 12.1 Å². The molecule has 0 spiro atoms. The van der Waals surface area contributed by atoms with E-state index in [0.29, 0.717) is 11.8 Å². The van der Waals surface area contributed by atoms with Gasteiger partial charge >= 0.3 is 0 Å². The molecule has 0 atom stereocenters. The zero-order chi connectivity index (χ0) is 13.1. The Labute approximate surface area is 112 Å². The zero-order valence-corrected chi connectivity index (χ0v) is 11.5. The average Bonchev–Trinajstić information content (AvgIpc) is 2.86. The summed E-state index contributed by atoms with van der Waals surface area (Å²) in [5.41, 5.74) is 2.14. The highest BCUT2D eigenvalue weighted by atomic mass is 35.5. The highest BCUT2D eigenvalue weighted by molar-refractivity contribution is 6.16. The highest BCUT2D eigenvalue weighted by Gasteiger charge is 2.11. The average molecular weight is 266 g/mol. The minimum absolute atomic E-state index is 0.285. The maximum Gasteiger partial charge on any atom is 0.209 e. The van der Waals surface area contributed by atoms with Crippen molar-refractivity contribution in [2.45, 2.75) is 25.6 Å².